The first-order chi connectivity index (χ1) is 10.3. The summed E-state index contributed by atoms with van der Waals surface area (Å²) >= 11 is 0. The number of nitrogens with zero attached hydrogens (tertiary/aromatic N) is 5. The predicted octanol–water partition coefficient (Wildman–Crippen LogP) is 1.48. The van der Waals surface area contributed by atoms with Crippen molar-refractivity contribution in [2.75, 3.05) is 32.1 Å². The topological polar surface area (TPSA) is 74.1 Å². The summed E-state index contributed by atoms with van der Waals surface area (Å²) in [5, 5.41) is 9.32. The van der Waals surface area contributed by atoms with Crippen molar-refractivity contribution >= 4 is 5.95 Å². The summed E-state index contributed by atoms with van der Waals surface area (Å²) < 4.78 is 43.4. The number of nitrogens with one attached hydrogen (secondary N) is 1. The maximum Gasteiger partial charge on any atom is 0.433 e. The average molecular weight is 316 g/mol. The third-order valence-corrected chi connectivity index (χ3v) is 3.53. The first-order valence-electron chi connectivity index (χ1n) is 6.67. The molecule has 0 unspecified atom stereocenters. The molecule has 0 atom stereocenters. The molecular formula is C12H15F3N6O. The van der Waals surface area contributed by atoms with Crippen LogP contribution in [-0.4, -0.2) is 52.4 Å². The van der Waals surface area contributed by atoms with Crippen LogP contribution in [-0.2, 0) is 12.7 Å². The molecule has 120 valence electrons. The molecule has 22 heavy (non-hydrogen) atoms. The standard InChI is InChI=1S/C12H15F3N6O/c1-20(2)11-17-10(22-19-11)8-5-21(6-8)4-7-3-16-18-9(7)12(13,14)15/h3,8H,4-6H2,1-2H3,(H,16,18). The molecule has 1 aliphatic heterocycles. The number of likely N-dealkylation sites (tertiary alicyclic amines) is 1. The van der Waals surface area contributed by atoms with Gasteiger partial charge in [0.1, 0.15) is 5.69 Å². The van der Waals surface area contributed by atoms with E-state index in [9.17, 15) is 13.2 Å². The van der Waals surface area contributed by atoms with Crippen LogP contribution in [0, 0.1) is 0 Å². The fourth-order valence-electron chi connectivity index (χ4n) is 2.35. The normalized spacial score (nSPS) is 16.8. The molecule has 10 heteroatoms. The van der Waals surface area contributed by atoms with Gasteiger partial charge in [0.2, 0.25) is 5.89 Å². The van der Waals surface area contributed by atoms with E-state index in [2.05, 4.69) is 15.2 Å². The molecular weight excluding hydrogens is 301 g/mol. The minimum absolute atomic E-state index is 0.0578. The number of hydrogen-bond donors (Lipinski definition) is 1. The van der Waals surface area contributed by atoms with E-state index in [1.807, 2.05) is 10.00 Å². The third kappa shape index (κ3) is 2.78. The van der Waals surface area contributed by atoms with Crippen LogP contribution in [0.5, 0.6) is 0 Å². The molecule has 7 nitrogen and oxygen atoms in total. The number of anilines is 1. The molecule has 1 aliphatic rings. The summed E-state index contributed by atoms with van der Waals surface area (Å²) in [4.78, 5) is 7.85. The Balaban J connectivity index is 1.59. The van der Waals surface area contributed by atoms with E-state index < -0.39 is 11.9 Å². The van der Waals surface area contributed by atoms with E-state index in [1.54, 1.807) is 19.0 Å². The van der Waals surface area contributed by atoms with Gasteiger partial charge >= 0.3 is 6.18 Å². The number of halogens is 3. The summed E-state index contributed by atoms with van der Waals surface area (Å²) in [6, 6.07) is 0. The highest BCUT2D eigenvalue weighted by Crippen LogP contribution is 2.33. The van der Waals surface area contributed by atoms with Gasteiger partial charge in [0.25, 0.3) is 5.95 Å². The maximum atomic E-state index is 12.7. The van der Waals surface area contributed by atoms with Crippen molar-refractivity contribution in [3.8, 4) is 0 Å². The van der Waals surface area contributed by atoms with Crippen LogP contribution in [0.25, 0.3) is 0 Å². The number of hydrogen-bond acceptors (Lipinski definition) is 6. The number of aromatic amines is 1. The van der Waals surface area contributed by atoms with Crippen LogP contribution in [0.4, 0.5) is 19.1 Å². The summed E-state index contributed by atoms with van der Waals surface area (Å²) in [6.45, 7) is 1.35. The van der Waals surface area contributed by atoms with Crippen LogP contribution >= 0.6 is 0 Å². The van der Waals surface area contributed by atoms with Crippen molar-refractivity contribution in [2.24, 2.45) is 0 Å². The van der Waals surface area contributed by atoms with E-state index in [1.165, 1.54) is 6.20 Å². The van der Waals surface area contributed by atoms with Crippen molar-refractivity contribution in [3.63, 3.8) is 0 Å². The predicted molar refractivity (Wildman–Crippen MR) is 70.2 cm³/mol. The fraction of sp³-hybridized carbons (Fsp3) is 0.583. The molecule has 0 spiro atoms. The SMILES string of the molecule is CN(C)c1noc(C2CN(Cc3cn[nH]c3C(F)(F)F)C2)n1. The zero-order valence-electron chi connectivity index (χ0n) is 12.1. The quantitative estimate of drug-likeness (QED) is 0.921. The molecule has 3 rings (SSSR count). The third-order valence-electron chi connectivity index (χ3n) is 3.53. The van der Waals surface area contributed by atoms with E-state index >= 15 is 0 Å². The molecule has 0 saturated carbocycles. The Kier molecular flexibility index (Phi) is 3.55. The van der Waals surface area contributed by atoms with Crippen LogP contribution in [0.1, 0.15) is 23.1 Å². The molecule has 0 aromatic carbocycles. The molecule has 3 heterocycles. The average Bonchev–Trinajstić information content (AvgIpc) is 3.01. The highest BCUT2D eigenvalue weighted by atomic mass is 19.4. The minimum atomic E-state index is -4.41. The van der Waals surface area contributed by atoms with Crippen LogP contribution in [0.3, 0.4) is 0 Å². The second kappa shape index (κ2) is 5.27. The molecule has 2 aromatic rings. The van der Waals surface area contributed by atoms with Crippen molar-refractivity contribution in [2.45, 2.75) is 18.6 Å². The van der Waals surface area contributed by atoms with Crippen LogP contribution in [0.15, 0.2) is 10.7 Å². The first-order valence-corrected chi connectivity index (χ1v) is 6.67. The number of aromatic nitrogens is 4. The minimum Gasteiger partial charge on any atom is -0.344 e. The molecule has 1 saturated heterocycles. The Hall–Kier alpha value is -2.10. The Morgan fingerprint density at radius 1 is 1.41 bits per heavy atom. The summed E-state index contributed by atoms with van der Waals surface area (Å²) in [7, 11) is 3.61. The fourth-order valence-corrected chi connectivity index (χ4v) is 2.35. The Morgan fingerprint density at radius 2 is 2.14 bits per heavy atom. The van der Waals surface area contributed by atoms with Gasteiger partial charge in [0.05, 0.1) is 12.1 Å². The van der Waals surface area contributed by atoms with Gasteiger partial charge in [-0.25, -0.2) is 0 Å². The van der Waals surface area contributed by atoms with Gasteiger partial charge in [-0.3, -0.25) is 10.00 Å². The lowest BCUT2D eigenvalue weighted by Crippen LogP contribution is -2.44. The van der Waals surface area contributed by atoms with Crippen molar-refractivity contribution < 1.29 is 17.7 Å². The van der Waals surface area contributed by atoms with Crippen molar-refractivity contribution in [3.05, 3.63) is 23.3 Å². The first kappa shape index (κ1) is 14.8. The molecule has 0 aliphatic carbocycles. The second-order valence-electron chi connectivity index (χ2n) is 5.49. The molecule has 0 amide bonds. The van der Waals surface area contributed by atoms with E-state index in [-0.39, 0.29) is 18.0 Å². The number of rotatable bonds is 4. The summed E-state index contributed by atoms with van der Waals surface area (Å²) in [5.41, 5.74) is -0.644. The second-order valence-corrected chi connectivity index (χ2v) is 5.49. The van der Waals surface area contributed by atoms with Gasteiger partial charge in [0.15, 0.2) is 0 Å². The van der Waals surface area contributed by atoms with Gasteiger partial charge in [-0.1, -0.05) is 0 Å². The lowest BCUT2D eigenvalue weighted by atomic mass is 9.99. The maximum absolute atomic E-state index is 12.7. The van der Waals surface area contributed by atoms with Crippen LogP contribution in [0.2, 0.25) is 0 Å². The largest absolute Gasteiger partial charge is 0.433 e. The van der Waals surface area contributed by atoms with Gasteiger partial charge in [-0.05, 0) is 5.16 Å². The lowest BCUT2D eigenvalue weighted by Gasteiger charge is -2.36. The van der Waals surface area contributed by atoms with E-state index in [0.29, 0.717) is 24.9 Å². The molecule has 1 N–H and O–H groups in total. The molecule has 0 radical (unpaired) electrons. The molecule has 1 fully saturated rings. The Labute approximate surface area is 124 Å². The zero-order valence-corrected chi connectivity index (χ0v) is 12.1. The van der Waals surface area contributed by atoms with Gasteiger partial charge in [0, 0.05) is 39.3 Å². The van der Waals surface area contributed by atoms with Crippen molar-refractivity contribution in [1.82, 2.24) is 25.2 Å². The summed E-state index contributed by atoms with van der Waals surface area (Å²) in [5.74, 6) is 1.06. The van der Waals surface area contributed by atoms with Crippen molar-refractivity contribution in [1.29, 1.82) is 0 Å². The Bertz CT molecular complexity index is 643. The van der Waals surface area contributed by atoms with Gasteiger partial charge < -0.3 is 9.42 Å². The molecule has 2 aromatic heterocycles. The molecule has 0 bridgehead atoms. The van der Waals surface area contributed by atoms with Gasteiger partial charge in [-0.15, -0.1) is 0 Å². The van der Waals surface area contributed by atoms with Crippen LogP contribution < -0.4 is 4.90 Å². The van der Waals surface area contributed by atoms with Gasteiger partial charge in [-0.2, -0.15) is 23.3 Å². The monoisotopic (exact) mass is 316 g/mol. The van der Waals surface area contributed by atoms with E-state index in [4.69, 9.17) is 4.52 Å². The number of H-pyrrole nitrogens is 1. The van der Waals surface area contributed by atoms with E-state index in [0.717, 1.165) is 0 Å². The highest BCUT2D eigenvalue weighted by molar-refractivity contribution is 5.25. The number of alkyl halides is 3. The lowest BCUT2D eigenvalue weighted by molar-refractivity contribution is -0.142. The zero-order chi connectivity index (χ0) is 15.9. The highest BCUT2D eigenvalue weighted by Gasteiger charge is 2.38. The smallest absolute Gasteiger partial charge is 0.344 e. The summed E-state index contributed by atoms with van der Waals surface area (Å²) in [6.07, 6.45) is -3.20. The Morgan fingerprint density at radius 3 is 2.73 bits per heavy atom.